The lowest BCUT2D eigenvalue weighted by atomic mass is 10.1. The smallest absolute Gasteiger partial charge is 0.141 e. The molecule has 0 bridgehead atoms. The van der Waals surface area contributed by atoms with E-state index in [4.69, 9.17) is 0 Å². The average molecular weight is 152 g/mol. The van der Waals surface area contributed by atoms with Crippen molar-refractivity contribution in [2.75, 3.05) is 0 Å². The van der Waals surface area contributed by atoms with Crippen molar-refractivity contribution in [1.82, 2.24) is 10.2 Å². The minimum absolute atomic E-state index is 0.110. The summed E-state index contributed by atoms with van der Waals surface area (Å²) >= 11 is 0. The Labute approximate surface area is 65.8 Å². The molecule has 1 aromatic rings. The van der Waals surface area contributed by atoms with Gasteiger partial charge in [0.1, 0.15) is 5.78 Å². The second kappa shape index (κ2) is 3.32. The van der Waals surface area contributed by atoms with E-state index in [1.54, 1.807) is 6.20 Å². The molecular formula is C8H12N2O. The number of ketones is 1. The van der Waals surface area contributed by atoms with E-state index in [9.17, 15) is 4.79 Å². The van der Waals surface area contributed by atoms with Crippen LogP contribution in [0.2, 0.25) is 0 Å². The molecule has 1 N–H and O–H groups in total. The molecule has 60 valence electrons. The molecular weight excluding hydrogens is 140 g/mol. The molecule has 3 heteroatoms. The van der Waals surface area contributed by atoms with Gasteiger partial charge in [-0.05, 0) is 6.07 Å². The first-order valence-electron chi connectivity index (χ1n) is 3.71. The van der Waals surface area contributed by atoms with E-state index in [2.05, 4.69) is 10.2 Å². The highest BCUT2D eigenvalue weighted by Gasteiger charge is 2.07. The zero-order chi connectivity index (χ0) is 8.27. The lowest BCUT2D eigenvalue weighted by molar-refractivity contribution is -0.121. The lowest BCUT2D eigenvalue weighted by Crippen LogP contribution is -2.10. The molecule has 0 atom stereocenters. The summed E-state index contributed by atoms with van der Waals surface area (Å²) < 4.78 is 0. The SMILES string of the molecule is CC(C)C(=O)Cc1ccn[nH]1. The zero-order valence-electron chi connectivity index (χ0n) is 6.79. The second-order valence-electron chi connectivity index (χ2n) is 2.88. The van der Waals surface area contributed by atoms with Gasteiger partial charge in [-0.15, -0.1) is 0 Å². The van der Waals surface area contributed by atoms with Crippen LogP contribution >= 0.6 is 0 Å². The fraction of sp³-hybridized carbons (Fsp3) is 0.500. The van der Waals surface area contributed by atoms with Crippen LogP contribution in [-0.4, -0.2) is 16.0 Å². The highest BCUT2D eigenvalue weighted by atomic mass is 16.1. The monoisotopic (exact) mass is 152 g/mol. The molecule has 0 unspecified atom stereocenters. The molecule has 0 aliphatic carbocycles. The summed E-state index contributed by atoms with van der Waals surface area (Å²) in [7, 11) is 0. The minimum Gasteiger partial charge on any atom is -0.299 e. The summed E-state index contributed by atoms with van der Waals surface area (Å²) in [5.74, 6) is 0.354. The number of nitrogens with one attached hydrogen (secondary N) is 1. The summed E-state index contributed by atoms with van der Waals surface area (Å²) in [5, 5.41) is 6.51. The molecule has 0 aliphatic heterocycles. The van der Waals surface area contributed by atoms with E-state index in [0.717, 1.165) is 5.69 Å². The summed E-state index contributed by atoms with van der Waals surface area (Å²) in [6, 6.07) is 1.82. The Bertz CT molecular complexity index is 226. The maximum atomic E-state index is 11.2. The van der Waals surface area contributed by atoms with Gasteiger partial charge in [-0.2, -0.15) is 5.10 Å². The first kappa shape index (κ1) is 7.98. The molecule has 0 saturated carbocycles. The van der Waals surface area contributed by atoms with Gasteiger partial charge in [-0.25, -0.2) is 0 Å². The zero-order valence-corrected chi connectivity index (χ0v) is 6.79. The van der Waals surface area contributed by atoms with Crippen molar-refractivity contribution in [3.8, 4) is 0 Å². The molecule has 11 heavy (non-hydrogen) atoms. The number of hydrogen-bond donors (Lipinski definition) is 1. The normalized spacial score (nSPS) is 10.5. The van der Waals surface area contributed by atoms with Crippen LogP contribution in [-0.2, 0) is 11.2 Å². The van der Waals surface area contributed by atoms with E-state index >= 15 is 0 Å². The van der Waals surface area contributed by atoms with Gasteiger partial charge in [-0.1, -0.05) is 13.8 Å². The third-order valence-electron chi connectivity index (χ3n) is 1.57. The Morgan fingerprint density at radius 3 is 2.91 bits per heavy atom. The van der Waals surface area contributed by atoms with Gasteiger partial charge in [0.2, 0.25) is 0 Å². The summed E-state index contributed by atoms with van der Waals surface area (Å²) in [5.41, 5.74) is 0.892. The van der Waals surface area contributed by atoms with E-state index in [1.165, 1.54) is 0 Å². The van der Waals surface area contributed by atoms with Crippen molar-refractivity contribution in [2.45, 2.75) is 20.3 Å². The molecule has 1 rings (SSSR count). The molecule has 0 spiro atoms. The fourth-order valence-corrected chi connectivity index (χ4v) is 0.775. The maximum Gasteiger partial charge on any atom is 0.141 e. The Morgan fingerprint density at radius 1 is 1.73 bits per heavy atom. The van der Waals surface area contributed by atoms with Crippen molar-refractivity contribution < 1.29 is 4.79 Å². The van der Waals surface area contributed by atoms with Gasteiger partial charge >= 0.3 is 0 Å². The van der Waals surface area contributed by atoms with E-state index in [0.29, 0.717) is 6.42 Å². The van der Waals surface area contributed by atoms with Crippen LogP contribution in [0.15, 0.2) is 12.3 Å². The van der Waals surface area contributed by atoms with Crippen LogP contribution in [0.25, 0.3) is 0 Å². The average Bonchev–Trinajstić information content (AvgIpc) is 2.39. The largest absolute Gasteiger partial charge is 0.299 e. The first-order valence-corrected chi connectivity index (χ1v) is 3.71. The highest BCUT2D eigenvalue weighted by molar-refractivity contribution is 5.82. The predicted octanol–water partition coefficient (Wildman–Crippen LogP) is 1.18. The Morgan fingerprint density at radius 2 is 2.45 bits per heavy atom. The van der Waals surface area contributed by atoms with E-state index in [-0.39, 0.29) is 11.7 Å². The Hall–Kier alpha value is -1.12. The van der Waals surface area contributed by atoms with Crippen molar-refractivity contribution in [1.29, 1.82) is 0 Å². The number of carbonyl (C=O) groups excluding carboxylic acids is 1. The summed E-state index contributed by atoms with van der Waals surface area (Å²) in [6.45, 7) is 3.80. The molecule has 0 radical (unpaired) electrons. The number of Topliss-reactive ketones (excluding diaryl/α,β-unsaturated/α-hetero) is 1. The predicted molar refractivity (Wildman–Crippen MR) is 42.1 cm³/mol. The number of nitrogens with zero attached hydrogens (tertiary/aromatic N) is 1. The third kappa shape index (κ3) is 2.18. The van der Waals surface area contributed by atoms with Gasteiger partial charge < -0.3 is 0 Å². The fourth-order valence-electron chi connectivity index (χ4n) is 0.775. The molecule has 1 heterocycles. The van der Waals surface area contributed by atoms with Gasteiger partial charge in [0.15, 0.2) is 0 Å². The minimum atomic E-state index is 0.110. The Balaban J connectivity index is 2.50. The summed E-state index contributed by atoms with van der Waals surface area (Å²) in [4.78, 5) is 11.2. The van der Waals surface area contributed by atoms with Crippen molar-refractivity contribution in [3.63, 3.8) is 0 Å². The van der Waals surface area contributed by atoms with Crippen molar-refractivity contribution in [3.05, 3.63) is 18.0 Å². The van der Waals surface area contributed by atoms with Gasteiger partial charge in [0.25, 0.3) is 0 Å². The van der Waals surface area contributed by atoms with Crippen LogP contribution in [0.3, 0.4) is 0 Å². The third-order valence-corrected chi connectivity index (χ3v) is 1.57. The number of aromatic nitrogens is 2. The van der Waals surface area contributed by atoms with E-state index < -0.39 is 0 Å². The van der Waals surface area contributed by atoms with Crippen LogP contribution in [0, 0.1) is 5.92 Å². The molecule has 0 aromatic carbocycles. The van der Waals surface area contributed by atoms with Crippen LogP contribution in [0.4, 0.5) is 0 Å². The van der Waals surface area contributed by atoms with E-state index in [1.807, 2.05) is 19.9 Å². The topological polar surface area (TPSA) is 45.8 Å². The molecule has 3 nitrogen and oxygen atoms in total. The van der Waals surface area contributed by atoms with Gasteiger partial charge in [-0.3, -0.25) is 9.89 Å². The van der Waals surface area contributed by atoms with Crippen LogP contribution in [0.1, 0.15) is 19.5 Å². The number of rotatable bonds is 3. The number of hydrogen-bond acceptors (Lipinski definition) is 2. The standard InChI is InChI=1S/C8H12N2O/c1-6(2)8(11)5-7-3-4-9-10-7/h3-4,6H,5H2,1-2H3,(H,9,10). The number of H-pyrrole nitrogens is 1. The quantitative estimate of drug-likeness (QED) is 0.706. The molecule has 0 saturated heterocycles. The van der Waals surface area contributed by atoms with Crippen molar-refractivity contribution >= 4 is 5.78 Å². The number of aromatic amines is 1. The van der Waals surface area contributed by atoms with Gasteiger partial charge in [0, 0.05) is 24.2 Å². The highest BCUT2D eigenvalue weighted by Crippen LogP contribution is 2.01. The summed E-state index contributed by atoms with van der Waals surface area (Å²) in [6.07, 6.45) is 2.13. The molecule has 0 amide bonds. The molecule has 1 aromatic heterocycles. The second-order valence-corrected chi connectivity index (χ2v) is 2.88. The number of carbonyl (C=O) groups is 1. The molecule has 0 aliphatic rings. The lowest BCUT2D eigenvalue weighted by Gasteiger charge is -2.00. The van der Waals surface area contributed by atoms with Crippen LogP contribution < -0.4 is 0 Å². The van der Waals surface area contributed by atoms with Gasteiger partial charge in [0.05, 0.1) is 0 Å². The maximum absolute atomic E-state index is 11.2. The van der Waals surface area contributed by atoms with Crippen molar-refractivity contribution in [2.24, 2.45) is 5.92 Å². The van der Waals surface area contributed by atoms with Crippen LogP contribution in [0.5, 0.6) is 0 Å². The Kier molecular flexibility index (Phi) is 2.41. The first-order chi connectivity index (χ1) is 5.20. The molecule has 0 fully saturated rings.